The van der Waals surface area contributed by atoms with Crippen LogP contribution >= 0.6 is 0 Å². The molecule has 0 atom stereocenters. The zero-order valence-corrected chi connectivity index (χ0v) is 19.4. The second-order valence-corrected chi connectivity index (χ2v) is 8.23. The molecule has 3 aromatic carbocycles. The average molecular weight is 484 g/mol. The summed E-state index contributed by atoms with van der Waals surface area (Å²) in [6.45, 7) is 1.83. The van der Waals surface area contributed by atoms with Gasteiger partial charge in [-0.15, -0.1) is 0 Å². The summed E-state index contributed by atoms with van der Waals surface area (Å²) >= 11 is 0. The van der Waals surface area contributed by atoms with Crippen LogP contribution in [0.4, 0.5) is 21.5 Å². The summed E-state index contributed by atoms with van der Waals surface area (Å²) in [4.78, 5) is 39.6. The van der Waals surface area contributed by atoms with E-state index < -0.39 is 0 Å². The van der Waals surface area contributed by atoms with Gasteiger partial charge in [-0.05, 0) is 67.1 Å². The molecule has 8 nitrogen and oxygen atoms in total. The van der Waals surface area contributed by atoms with Gasteiger partial charge in [0.1, 0.15) is 12.4 Å². The van der Waals surface area contributed by atoms with Gasteiger partial charge >= 0.3 is 0 Å². The van der Waals surface area contributed by atoms with E-state index in [0.29, 0.717) is 46.0 Å². The number of carbonyl (C=O) groups excluding carboxylic acids is 3. The molecule has 36 heavy (non-hydrogen) atoms. The monoisotopic (exact) mass is 483 g/mol. The topological polar surface area (TPSA) is 96.3 Å². The Labute approximate surface area is 206 Å². The molecule has 3 amide bonds. The molecule has 180 valence electrons. The second-order valence-electron chi connectivity index (χ2n) is 8.23. The lowest BCUT2D eigenvalue weighted by molar-refractivity contribution is -0.115. The van der Waals surface area contributed by atoms with Crippen LogP contribution in [-0.2, 0) is 11.2 Å². The first-order valence-electron chi connectivity index (χ1n) is 11.4. The summed E-state index contributed by atoms with van der Waals surface area (Å²) < 4.78 is 14.9. The van der Waals surface area contributed by atoms with Crippen LogP contribution < -0.4 is 15.5 Å². The van der Waals surface area contributed by atoms with E-state index in [9.17, 15) is 18.8 Å². The number of aromatic nitrogens is 2. The van der Waals surface area contributed by atoms with Crippen molar-refractivity contribution in [2.75, 3.05) is 22.1 Å². The van der Waals surface area contributed by atoms with Gasteiger partial charge in [0.25, 0.3) is 11.8 Å². The number of amides is 3. The van der Waals surface area contributed by atoms with Crippen LogP contribution in [0, 0.1) is 5.82 Å². The lowest BCUT2D eigenvalue weighted by atomic mass is 10.1. The minimum absolute atomic E-state index is 0.0772. The van der Waals surface area contributed by atoms with Crippen LogP contribution in [0.3, 0.4) is 0 Å². The number of fused-ring (bicyclic) bond motifs is 1. The fraction of sp³-hybridized carbons (Fsp3) is 0.111. The number of hydrogen-bond donors (Lipinski definition) is 2. The molecule has 0 unspecified atom stereocenters. The third-order valence-corrected chi connectivity index (χ3v) is 5.93. The van der Waals surface area contributed by atoms with Crippen molar-refractivity contribution in [2.24, 2.45) is 0 Å². The molecule has 2 heterocycles. The Kier molecular flexibility index (Phi) is 6.03. The van der Waals surface area contributed by atoms with Crippen LogP contribution in [0.1, 0.15) is 33.3 Å². The van der Waals surface area contributed by atoms with Crippen molar-refractivity contribution in [3.8, 4) is 5.69 Å². The fourth-order valence-corrected chi connectivity index (χ4v) is 4.17. The van der Waals surface area contributed by atoms with Gasteiger partial charge in [0, 0.05) is 11.3 Å². The normalized spacial score (nSPS) is 12.6. The van der Waals surface area contributed by atoms with Gasteiger partial charge in [-0.2, -0.15) is 5.10 Å². The molecule has 4 aromatic rings. The van der Waals surface area contributed by atoms with Crippen molar-refractivity contribution in [1.29, 1.82) is 0 Å². The SMILES string of the molecule is CCc1c(C(=O)Nc2ccc(C(=O)N3CC(=O)Nc4ccccc43)cc2)cnn1-c1ccc(F)cc1. The number of nitrogens with zero attached hydrogens (tertiary/aromatic N) is 3. The molecule has 9 heteroatoms. The number of carbonyl (C=O) groups is 3. The lowest BCUT2D eigenvalue weighted by Crippen LogP contribution is -2.42. The number of rotatable bonds is 5. The second kappa shape index (κ2) is 9.46. The van der Waals surface area contributed by atoms with Crippen LogP contribution in [-0.4, -0.2) is 34.0 Å². The van der Waals surface area contributed by atoms with Gasteiger partial charge in [0.05, 0.1) is 34.5 Å². The highest BCUT2D eigenvalue weighted by Crippen LogP contribution is 2.30. The highest BCUT2D eigenvalue weighted by atomic mass is 19.1. The third-order valence-electron chi connectivity index (χ3n) is 5.93. The number of nitrogens with one attached hydrogen (secondary N) is 2. The summed E-state index contributed by atoms with van der Waals surface area (Å²) in [6.07, 6.45) is 2.02. The van der Waals surface area contributed by atoms with Crippen molar-refractivity contribution >= 4 is 34.8 Å². The van der Waals surface area contributed by atoms with Gasteiger partial charge in [-0.25, -0.2) is 9.07 Å². The maximum absolute atomic E-state index is 13.3. The fourth-order valence-electron chi connectivity index (χ4n) is 4.17. The molecule has 0 bridgehead atoms. The highest BCUT2D eigenvalue weighted by molar-refractivity contribution is 6.15. The summed E-state index contributed by atoms with van der Waals surface area (Å²) in [7, 11) is 0. The van der Waals surface area contributed by atoms with Gasteiger partial charge in [-0.1, -0.05) is 19.1 Å². The van der Waals surface area contributed by atoms with Gasteiger partial charge < -0.3 is 10.6 Å². The molecule has 0 fully saturated rings. The highest BCUT2D eigenvalue weighted by Gasteiger charge is 2.27. The smallest absolute Gasteiger partial charge is 0.259 e. The van der Waals surface area contributed by atoms with Crippen LogP contribution in [0.5, 0.6) is 0 Å². The standard InChI is InChI=1S/C27H22FN5O3/c1-2-23-21(15-29-33(23)20-13-9-18(28)10-14-20)26(35)30-19-11-7-17(8-12-19)27(36)32-16-25(34)31-22-5-3-4-6-24(22)32/h3-15H,2,16H2,1H3,(H,30,35)(H,31,34). The van der Waals surface area contributed by atoms with Gasteiger partial charge in [-0.3, -0.25) is 19.3 Å². The van der Waals surface area contributed by atoms with Crippen molar-refractivity contribution in [3.05, 3.63) is 102 Å². The zero-order valence-electron chi connectivity index (χ0n) is 19.4. The number of anilines is 3. The maximum Gasteiger partial charge on any atom is 0.259 e. The van der Waals surface area contributed by atoms with E-state index in [2.05, 4.69) is 15.7 Å². The van der Waals surface area contributed by atoms with Crippen molar-refractivity contribution in [2.45, 2.75) is 13.3 Å². The minimum Gasteiger partial charge on any atom is -0.323 e. The maximum atomic E-state index is 13.3. The van der Waals surface area contributed by atoms with Crippen LogP contribution in [0.2, 0.25) is 0 Å². The Morgan fingerprint density at radius 2 is 1.75 bits per heavy atom. The van der Waals surface area contributed by atoms with E-state index >= 15 is 0 Å². The Morgan fingerprint density at radius 1 is 1.03 bits per heavy atom. The van der Waals surface area contributed by atoms with E-state index in [0.717, 1.165) is 0 Å². The summed E-state index contributed by atoms with van der Waals surface area (Å²) in [5.74, 6) is -1.28. The Bertz CT molecular complexity index is 1460. The van der Waals surface area contributed by atoms with E-state index in [1.807, 2.05) is 6.92 Å². The molecule has 1 aromatic heterocycles. The first-order valence-corrected chi connectivity index (χ1v) is 11.4. The molecule has 0 spiro atoms. The molecular formula is C27H22FN5O3. The lowest BCUT2D eigenvalue weighted by Gasteiger charge is -2.29. The molecule has 2 N–H and O–H groups in total. The van der Waals surface area contributed by atoms with Gasteiger partial charge in [0.2, 0.25) is 5.91 Å². The summed E-state index contributed by atoms with van der Waals surface area (Å²) in [5, 5.41) is 9.91. The van der Waals surface area contributed by atoms with Gasteiger partial charge in [0.15, 0.2) is 0 Å². The predicted molar refractivity (Wildman–Crippen MR) is 134 cm³/mol. The molecule has 0 saturated carbocycles. The van der Waals surface area contributed by atoms with Crippen LogP contribution in [0.15, 0.2) is 79.0 Å². The largest absolute Gasteiger partial charge is 0.323 e. The molecule has 1 aliphatic rings. The summed E-state index contributed by atoms with van der Waals surface area (Å²) in [6, 6.07) is 19.5. The molecule has 0 radical (unpaired) electrons. The van der Waals surface area contributed by atoms with Crippen molar-refractivity contribution in [1.82, 2.24) is 9.78 Å². The Balaban J connectivity index is 1.33. The van der Waals surface area contributed by atoms with Crippen molar-refractivity contribution in [3.63, 3.8) is 0 Å². The number of para-hydroxylation sites is 2. The first kappa shape index (κ1) is 23.0. The molecule has 5 rings (SSSR count). The molecule has 1 aliphatic heterocycles. The third kappa shape index (κ3) is 4.34. The number of benzene rings is 3. The number of halogens is 1. The van der Waals surface area contributed by atoms with E-state index in [-0.39, 0.29) is 30.1 Å². The van der Waals surface area contributed by atoms with E-state index in [4.69, 9.17) is 0 Å². The predicted octanol–water partition coefficient (Wildman–Crippen LogP) is 4.43. The Hall–Kier alpha value is -4.79. The van der Waals surface area contributed by atoms with E-state index in [1.165, 1.54) is 23.2 Å². The number of hydrogen-bond acceptors (Lipinski definition) is 4. The Morgan fingerprint density at radius 3 is 2.47 bits per heavy atom. The first-order chi connectivity index (χ1) is 17.4. The summed E-state index contributed by atoms with van der Waals surface area (Å²) in [5.41, 5.74) is 3.85. The minimum atomic E-state index is -0.350. The van der Waals surface area contributed by atoms with Crippen LogP contribution in [0.25, 0.3) is 5.69 Å². The zero-order chi connectivity index (χ0) is 25.2. The van der Waals surface area contributed by atoms with Crippen molar-refractivity contribution < 1.29 is 18.8 Å². The quantitative estimate of drug-likeness (QED) is 0.439. The van der Waals surface area contributed by atoms with E-state index in [1.54, 1.807) is 65.3 Å². The molecular weight excluding hydrogens is 461 g/mol. The average Bonchev–Trinajstić information content (AvgIpc) is 3.33. The molecule has 0 saturated heterocycles. The molecule has 0 aliphatic carbocycles.